The zero-order chi connectivity index (χ0) is 22.3. The Balaban J connectivity index is 1.17. The van der Waals surface area contributed by atoms with Crippen LogP contribution in [-0.4, -0.2) is 56.6 Å². The number of unbranched alkanes of at least 4 members (excludes halogenated alkanes) is 1. The van der Waals surface area contributed by atoms with Gasteiger partial charge in [0.1, 0.15) is 5.75 Å². The third kappa shape index (κ3) is 5.74. The normalized spacial score (nSPS) is 16.3. The molecule has 2 aliphatic rings. The van der Waals surface area contributed by atoms with E-state index in [-0.39, 0.29) is 0 Å². The van der Waals surface area contributed by atoms with Crippen molar-refractivity contribution in [2.75, 3.05) is 44.2 Å². The van der Waals surface area contributed by atoms with Gasteiger partial charge in [0.2, 0.25) is 0 Å². The number of anilines is 1. The van der Waals surface area contributed by atoms with Gasteiger partial charge in [-0.1, -0.05) is 35.3 Å². The Morgan fingerprint density at radius 1 is 1.03 bits per heavy atom. The van der Waals surface area contributed by atoms with Crippen molar-refractivity contribution < 1.29 is 14.3 Å². The summed E-state index contributed by atoms with van der Waals surface area (Å²) in [6.07, 6.45) is 3.53. The molecule has 0 atom stereocenters. The largest absolute Gasteiger partial charge is 0.494 e. The predicted octanol–water partition coefficient (Wildman–Crippen LogP) is 5.12. The van der Waals surface area contributed by atoms with Crippen LogP contribution in [0.2, 0.25) is 10.0 Å². The lowest BCUT2D eigenvalue weighted by atomic mass is 10.0. The Kier molecular flexibility index (Phi) is 7.90. The number of ether oxygens (including phenoxy) is 2. The number of rotatable bonds is 8. The third-order valence-electron chi connectivity index (χ3n) is 5.88. The number of aryl methyl sites for hydroxylation is 1. The number of carbonyl (C=O) groups excluding carboxylic acids is 1. The first-order valence-corrected chi connectivity index (χ1v) is 11.7. The lowest BCUT2D eigenvalue weighted by Gasteiger charge is -2.36. The molecular weight excluding hydrogens is 449 g/mol. The maximum absolute atomic E-state index is 10.5. The topological polar surface area (TPSA) is 54.4 Å². The highest BCUT2D eigenvalue weighted by molar-refractivity contribution is 6.43. The first-order chi connectivity index (χ1) is 15.6. The minimum absolute atomic E-state index is 0.427. The van der Waals surface area contributed by atoms with Crippen LogP contribution in [0.5, 0.6) is 5.75 Å². The van der Waals surface area contributed by atoms with E-state index >= 15 is 0 Å². The summed E-state index contributed by atoms with van der Waals surface area (Å²) in [4.78, 5) is 19.7. The van der Waals surface area contributed by atoms with E-state index in [0.29, 0.717) is 35.4 Å². The minimum atomic E-state index is 0.427. The Labute approximate surface area is 198 Å². The van der Waals surface area contributed by atoms with Crippen molar-refractivity contribution in [1.82, 2.24) is 4.90 Å². The molecule has 2 aromatic rings. The van der Waals surface area contributed by atoms with Crippen molar-refractivity contribution in [3.05, 3.63) is 52.0 Å². The van der Waals surface area contributed by atoms with Crippen molar-refractivity contribution in [3.8, 4) is 5.75 Å². The fourth-order valence-corrected chi connectivity index (χ4v) is 4.51. The van der Waals surface area contributed by atoms with E-state index in [2.05, 4.69) is 14.8 Å². The Morgan fingerprint density at radius 3 is 2.69 bits per heavy atom. The summed E-state index contributed by atoms with van der Waals surface area (Å²) in [5, 5.41) is 1.24. The molecule has 0 amide bonds. The predicted molar refractivity (Wildman–Crippen MR) is 129 cm³/mol. The Bertz CT molecular complexity index is 975. The zero-order valence-corrected chi connectivity index (χ0v) is 19.4. The molecule has 6 nitrogen and oxygen atoms in total. The van der Waals surface area contributed by atoms with E-state index in [9.17, 15) is 4.79 Å². The van der Waals surface area contributed by atoms with Crippen LogP contribution in [0.15, 0.2) is 41.4 Å². The van der Waals surface area contributed by atoms with Crippen LogP contribution in [0.25, 0.3) is 0 Å². The number of halogens is 2. The first-order valence-electron chi connectivity index (χ1n) is 11.0. The Morgan fingerprint density at radius 2 is 1.88 bits per heavy atom. The zero-order valence-electron chi connectivity index (χ0n) is 17.9. The molecule has 2 aromatic carbocycles. The molecule has 170 valence electrons. The summed E-state index contributed by atoms with van der Waals surface area (Å²) in [7, 11) is 0. The van der Waals surface area contributed by atoms with Gasteiger partial charge in [-0.2, -0.15) is 0 Å². The van der Waals surface area contributed by atoms with Gasteiger partial charge in [0.25, 0.3) is 6.47 Å². The van der Waals surface area contributed by atoms with Crippen LogP contribution in [0.3, 0.4) is 0 Å². The smallest absolute Gasteiger partial charge is 0.299 e. The fourth-order valence-electron chi connectivity index (χ4n) is 4.10. The second kappa shape index (κ2) is 11.0. The van der Waals surface area contributed by atoms with E-state index < -0.39 is 0 Å². The molecule has 1 fully saturated rings. The number of hydrogen-bond acceptors (Lipinski definition) is 6. The van der Waals surface area contributed by atoms with Gasteiger partial charge in [0.15, 0.2) is 5.90 Å². The number of aliphatic imine (C=N–C) groups is 1. The molecule has 0 aromatic heterocycles. The second-order valence-electron chi connectivity index (χ2n) is 7.97. The SMILES string of the molecule is O=COC1=Nc2cc(OCCCCN3CCN(c4cccc(Cl)c4Cl)CC3)ccc2CC1. The molecule has 32 heavy (non-hydrogen) atoms. The van der Waals surface area contributed by atoms with Gasteiger partial charge >= 0.3 is 0 Å². The molecular formula is C24H27Cl2N3O3. The first kappa shape index (κ1) is 22.9. The average Bonchev–Trinajstić information content (AvgIpc) is 2.81. The summed E-state index contributed by atoms with van der Waals surface area (Å²) in [6.45, 7) is 6.07. The molecule has 0 spiro atoms. The molecule has 1 saturated heterocycles. The van der Waals surface area contributed by atoms with Crippen molar-refractivity contribution in [1.29, 1.82) is 0 Å². The molecule has 0 radical (unpaired) electrons. The van der Waals surface area contributed by atoms with Crippen LogP contribution < -0.4 is 9.64 Å². The molecule has 0 aliphatic carbocycles. The standard InChI is InChI=1S/C24H27Cl2N3O3/c25-20-4-3-5-22(24(20)26)29-13-11-28(12-14-29)10-1-2-15-31-19-8-6-18-7-9-23(32-17-30)27-21(18)16-19/h3-6,8,16-17H,1-2,7,9-15H2. The van der Waals surface area contributed by atoms with Gasteiger partial charge < -0.3 is 14.4 Å². The number of piperazine rings is 1. The van der Waals surface area contributed by atoms with Crippen molar-refractivity contribution >= 4 is 46.9 Å². The molecule has 0 bridgehead atoms. The van der Waals surface area contributed by atoms with Crippen LogP contribution in [0.1, 0.15) is 24.8 Å². The molecule has 0 saturated carbocycles. The molecule has 0 unspecified atom stereocenters. The van der Waals surface area contributed by atoms with E-state index in [1.54, 1.807) is 0 Å². The summed E-state index contributed by atoms with van der Waals surface area (Å²) in [5.74, 6) is 1.26. The lowest BCUT2D eigenvalue weighted by molar-refractivity contribution is -0.121. The minimum Gasteiger partial charge on any atom is -0.494 e. The monoisotopic (exact) mass is 475 g/mol. The van der Waals surface area contributed by atoms with Gasteiger partial charge in [-0.05, 0) is 49.6 Å². The number of benzene rings is 2. The van der Waals surface area contributed by atoms with Crippen molar-refractivity contribution in [3.63, 3.8) is 0 Å². The van der Waals surface area contributed by atoms with Crippen LogP contribution in [0.4, 0.5) is 11.4 Å². The number of nitrogens with zero attached hydrogens (tertiary/aromatic N) is 3. The van der Waals surface area contributed by atoms with E-state index in [1.807, 2.05) is 36.4 Å². The van der Waals surface area contributed by atoms with E-state index in [0.717, 1.165) is 74.7 Å². The highest BCUT2D eigenvalue weighted by Gasteiger charge is 2.19. The second-order valence-corrected chi connectivity index (χ2v) is 8.75. The summed E-state index contributed by atoms with van der Waals surface area (Å²) < 4.78 is 10.8. The van der Waals surface area contributed by atoms with Crippen LogP contribution >= 0.6 is 23.2 Å². The number of fused-ring (bicyclic) bond motifs is 1. The lowest BCUT2D eigenvalue weighted by Crippen LogP contribution is -2.46. The quantitative estimate of drug-likeness (QED) is 0.391. The van der Waals surface area contributed by atoms with Gasteiger partial charge in [0, 0.05) is 38.7 Å². The summed E-state index contributed by atoms with van der Waals surface area (Å²) in [5.41, 5.74) is 2.99. The highest BCUT2D eigenvalue weighted by atomic mass is 35.5. The Hall–Kier alpha value is -2.28. The molecule has 8 heteroatoms. The molecule has 2 heterocycles. The molecule has 2 aliphatic heterocycles. The third-order valence-corrected chi connectivity index (χ3v) is 6.68. The van der Waals surface area contributed by atoms with Gasteiger partial charge in [-0.25, -0.2) is 4.99 Å². The van der Waals surface area contributed by atoms with Crippen LogP contribution in [-0.2, 0) is 16.0 Å². The fraction of sp³-hybridized carbons (Fsp3) is 0.417. The molecule has 4 rings (SSSR count). The van der Waals surface area contributed by atoms with Crippen molar-refractivity contribution in [2.45, 2.75) is 25.7 Å². The van der Waals surface area contributed by atoms with E-state index in [4.69, 9.17) is 32.7 Å². The number of hydrogen-bond donors (Lipinski definition) is 0. The summed E-state index contributed by atoms with van der Waals surface area (Å²) in [6, 6.07) is 11.7. The highest BCUT2D eigenvalue weighted by Crippen LogP contribution is 2.33. The summed E-state index contributed by atoms with van der Waals surface area (Å²) >= 11 is 12.5. The van der Waals surface area contributed by atoms with Gasteiger partial charge in [-0.15, -0.1) is 0 Å². The number of carbonyl (C=O) groups is 1. The van der Waals surface area contributed by atoms with Gasteiger partial charge in [-0.3, -0.25) is 9.69 Å². The van der Waals surface area contributed by atoms with Crippen LogP contribution in [0, 0.1) is 0 Å². The average molecular weight is 476 g/mol. The maximum atomic E-state index is 10.5. The van der Waals surface area contributed by atoms with Gasteiger partial charge in [0.05, 0.1) is 28.0 Å². The molecule has 0 N–H and O–H groups in total. The van der Waals surface area contributed by atoms with Crippen molar-refractivity contribution in [2.24, 2.45) is 4.99 Å². The van der Waals surface area contributed by atoms with E-state index in [1.165, 1.54) is 0 Å². The maximum Gasteiger partial charge on any atom is 0.299 e.